The zero-order valence-electron chi connectivity index (χ0n) is 9.82. The summed E-state index contributed by atoms with van der Waals surface area (Å²) in [6.07, 6.45) is -0.488. The van der Waals surface area contributed by atoms with E-state index in [1.807, 2.05) is 18.2 Å². The van der Waals surface area contributed by atoms with Gasteiger partial charge in [-0.25, -0.2) is 0 Å². The normalized spacial score (nSPS) is 12.8. The van der Waals surface area contributed by atoms with Crippen LogP contribution < -0.4 is 0 Å². The van der Waals surface area contributed by atoms with Gasteiger partial charge in [0.25, 0.3) is 0 Å². The first-order chi connectivity index (χ1) is 7.58. The molecule has 0 aliphatic rings. The van der Waals surface area contributed by atoms with E-state index in [9.17, 15) is 5.11 Å². The lowest BCUT2D eigenvalue weighted by molar-refractivity contribution is 0.224. The van der Waals surface area contributed by atoms with Crippen molar-refractivity contribution < 1.29 is 5.11 Å². The molecule has 1 atom stereocenters. The maximum absolute atomic E-state index is 10.2. The molecule has 0 aliphatic heterocycles. The molecule has 0 unspecified atom stereocenters. The predicted molar refractivity (Wildman–Crippen MR) is 69.0 cm³/mol. The van der Waals surface area contributed by atoms with Crippen molar-refractivity contribution in [3.05, 3.63) is 56.8 Å². The maximum atomic E-state index is 10.2. The highest BCUT2D eigenvalue weighted by atomic mass is 32.1. The minimum atomic E-state index is -0.488. The smallest absolute Gasteiger partial charge is 0.113 e. The van der Waals surface area contributed by atoms with Crippen LogP contribution in [0, 0.1) is 20.8 Å². The van der Waals surface area contributed by atoms with E-state index in [0.29, 0.717) is 0 Å². The molecule has 1 N–H and O–H groups in total. The summed E-state index contributed by atoms with van der Waals surface area (Å²) in [6, 6.07) is 10.2. The van der Waals surface area contributed by atoms with Crippen molar-refractivity contribution in [2.75, 3.05) is 0 Å². The van der Waals surface area contributed by atoms with Gasteiger partial charge < -0.3 is 5.11 Å². The number of aryl methyl sites for hydroxylation is 3. The van der Waals surface area contributed by atoms with E-state index in [1.54, 1.807) is 11.3 Å². The van der Waals surface area contributed by atoms with Gasteiger partial charge in [-0.05, 0) is 49.6 Å². The van der Waals surface area contributed by atoms with E-state index in [-0.39, 0.29) is 0 Å². The summed E-state index contributed by atoms with van der Waals surface area (Å²) in [7, 11) is 0. The van der Waals surface area contributed by atoms with Crippen LogP contribution in [0.25, 0.3) is 0 Å². The summed E-state index contributed by atoms with van der Waals surface area (Å²) in [4.78, 5) is 2.25. The van der Waals surface area contributed by atoms with Crippen LogP contribution in [0.15, 0.2) is 30.3 Å². The third-order valence-electron chi connectivity index (χ3n) is 2.88. The Hall–Kier alpha value is -1.12. The van der Waals surface area contributed by atoms with Gasteiger partial charge in [0, 0.05) is 9.75 Å². The minimum absolute atomic E-state index is 0.488. The van der Waals surface area contributed by atoms with E-state index < -0.39 is 6.10 Å². The van der Waals surface area contributed by atoms with Crippen LogP contribution in [-0.2, 0) is 0 Å². The number of aliphatic hydroxyl groups is 1. The van der Waals surface area contributed by atoms with Gasteiger partial charge in [0.15, 0.2) is 0 Å². The number of aliphatic hydroxyl groups excluding tert-OH is 1. The average Bonchev–Trinajstić information content (AvgIpc) is 2.68. The predicted octanol–water partition coefficient (Wildman–Crippen LogP) is 3.76. The molecule has 0 spiro atoms. The Morgan fingerprint density at radius 2 is 1.75 bits per heavy atom. The fourth-order valence-electron chi connectivity index (χ4n) is 1.70. The average molecular weight is 232 g/mol. The Morgan fingerprint density at radius 1 is 1.00 bits per heavy atom. The molecule has 0 amide bonds. The van der Waals surface area contributed by atoms with Gasteiger partial charge in [-0.2, -0.15) is 0 Å². The minimum Gasteiger partial charge on any atom is -0.383 e. The summed E-state index contributed by atoms with van der Waals surface area (Å²) in [6.45, 7) is 6.22. The zero-order chi connectivity index (χ0) is 11.7. The molecule has 1 heterocycles. The van der Waals surface area contributed by atoms with Crippen LogP contribution in [0.1, 0.15) is 32.5 Å². The molecule has 0 saturated heterocycles. The van der Waals surface area contributed by atoms with Gasteiger partial charge in [-0.1, -0.05) is 18.2 Å². The van der Waals surface area contributed by atoms with Crippen molar-refractivity contribution in [2.45, 2.75) is 26.9 Å². The fraction of sp³-hybridized carbons (Fsp3) is 0.286. The van der Waals surface area contributed by atoms with Crippen molar-refractivity contribution in [1.29, 1.82) is 0 Å². The molecule has 0 fully saturated rings. The van der Waals surface area contributed by atoms with E-state index in [4.69, 9.17) is 0 Å². The molecule has 1 nitrogen and oxygen atoms in total. The third kappa shape index (κ3) is 2.18. The van der Waals surface area contributed by atoms with Crippen molar-refractivity contribution in [3.63, 3.8) is 0 Å². The number of rotatable bonds is 2. The van der Waals surface area contributed by atoms with Crippen molar-refractivity contribution in [2.24, 2.45) is 0 Å². The summed E-state index contributed by atoms with van der Waals surface area (Å²) in [5.74, 6) is 0. The molecule has 2 aromatic rings. The number of hydrogen-bond donors (Lipinski definition) is 1. The largest absolute Gasteiger partial charge is 0.383 e. The molecule has 0 bridgehead atoms. The first-order valence-electron chi connectivity index (χ1n) is 5.39. The lowest BCUT2D eigenvalue weighted by Crippen LogP contribution is -1.97. The van der Waals surface area contributed by atoms with Gasteiger partial charge >= 0.3 is 0 Å². The molecule has 2 rings (SSSR count). The van der Waals surface area contributed by atoms with Crippen molar-refractivity contribution >= 4 is 11.3 Å². The first kappa shape index (κ1) is 11.4. The Kier molecular flexibility index (Phi) is 3.13. The van der Waals surface area contributed by atoms with Gasteiger partial charge in [0.05, 0.1) is 0 Å². The second-order valence-corrected chi connectivity index (χ2v) is 5.51. The molecule has 1 aromatic carbocycles. The quantitative estimate of drug-likeness (QED) is 0.836. The van der Waals surface area contributed by atoms with Crippen molar-refractivity contribution in [3.8, 4) is 0 Å². The standard InChI is InChI=1S/C14H16OS/c1-9-4-6-12(8-10(9)2)14(15)13-7-5-11(3)16-13/h4-8,14-15H,1-3H3/t14-/m0/s1. The number of hydrogen-bond acceptors (Lipinski definition) is 2. The zero-order valence-corrected chi connectivity index (χ0v) is 10.6. The number of benzene rings is 1. The highest BCUT2D eigenvalue weighted by Gasteiger charge is 2.12. The SMILES string of the molecule is Cc1ccc([C@@H](O)c2ccc(C)c(C)c2)s1. The molecular formula is C14H16OS. The summed E-state index contributed by atoms with van der Waals surface area (Å²) < 4.78 is 0. The summed E-state index contributed by atoms with van der Waals surface area (Å²) >= 11 is 1.65. The second kappa shape index (κ2) is 4.40. The Bertz CT molecular complexity index is 499. The lowest BCUT2D eigenvalue weighted by atomic mass is 10.0. The Labute approximate surface area is 100 Å². The van der Waals surface area contributed by atoms with Crippen LogP contribution in [0.2, 0.25) is 0 Å². The van der Waals surface area contributed by atoms with Gasteiger partial charge in [-0.15, -0.1) is 11.3 Å². The van der Waals surface area contributed by atoms with E-state index >= 15 is 0 Å². The van der Waals surface area contributed by atoms with Crippen LogP contribution in [0.3, 0.4) is 0 Å². The van der Waals surface area contributed by atoms with Crippen LogP contribution in [0.4, 0.5) is 0 Å². The van der Waals surface area contributed by atoms with Gasteiger partial charge in [-0.3, -0.25) is 0 Å². The molecule has 0 radical (unpaired) electrons. The molecule has 0 saturated carbocycles. The van der Waals surface area contributed by atoms with Gasteiger partial charge in [0.1, 0.15) is 6.10 Å². The van der Waals surface area contributed by atoms with Crippen molar-refractivity contribution in [1.82, 2.24) is 0 Å². The third-order valence-corrected chi connectivity index (χ3v) is 3.93. The Balaban J connectivity index is 2.33. The van der Waals surface area contributed by atoms with Crippen LogP contribution in [-0.4, -0.2) is 5.11 Å². The first-order valence-corrected chi connectivity index (χ1v) is 6.21. The van der Waals surface area contributed by atoms with Crippen LogP contribution >= 0.6 is 11.3 Å². The molecular weight excluding hydrogens is 216 g/mol. The van der Waals surface area contributed by atoms with Gasteiger partial charge in [0.2, 0.25) is 0 Å². The highest BCUT2D eigenvalue weighted by Crippen LogP contribution is 2.28. The van der Waals surface area contributed by atoms with E-state index in [0.717, 1.165) is 10.4 Å². The summed E-state index contributed by atoms with van der Waals surface area (Å²) in [5.41, 5.74) is 3.47. The van der Waals surface area contributed by atoms with Crippen LogP contribution in [0.5, 0.6) is 0 Å². The second-order valence-electron chi connectivity index (χ2n) is 4.19. The monoisotopic (exact) mass is 232 g/mol. The highest BCUT2D eigenvalue weighted by molar-refractivity contribution is 7.12. The maximum Gasteiger partial charge on any atom is 0.113 e. The molecule has 84 valence electrons. The van der Waals surface area contributed by atoms with E-state index in [1.165, 1.54) is 16.0 Å². The Morgan fingerprint density at radius 3 is 2.31 bits per heavy atom. The molecule has 1 aromatic heterocycles. The lowest BCUT2D eigenvalue weighted by Gasteiger charge is -2.11. The topological polar surface area (TPSA) is 20.2 Å². The molecule has 0 aliphatic carbocycles. The summed E-state index contributed by atoms with van der Waals surface area (Å²) in [5, 5.41) is 10.2. The molecule has 16 heavy (non-hydrogen) atoms. The van der Waals surface area contributed by atoms with E-state index in [2.05, 4.69) is 32.9 Å². The fourth-order valence-corrected chi connectivity index (χ4v) is 2.59. The molecule has 2 heteroatoms. The number of thiophene rings is 1.